The van der Waals surface area contributed by atoms with Crippen LogP contribution in [0.2, 0.25) is 0 Å². The lowest BCUT2D eigenvalue weighted by atomic mass is 9.71. The maximum Gasteiger partial charge on any atom is -0.0166 e. The molecule has 0 aromatic rings. The summed E-state index contributed by atoms with van der Waals surface area (Å²) < 4.78 is 0. The van der Waals surface area contributed by atoms with E-state index in [4.69, 9.17) is 0 Å². The van der Waals surface area contributed by atoms with E-state index >= 15 is 0 Å². The fourth-order valence-corrected chi connectivity index (χ4v) is 1.56. The topological polar surface area (TPSA) is 0 Å². The van der Waals surface area contributed by atoms with Gasteiger partial charge in [-0.15, -0.1) is 0 Å². The SMILES string of the molecule is CC=CCC=C1CC(C)C1C. The molecule has 0 radical (unpaired) electrons. The van der Waals surface area contributed by atoms with Crippen molar-refractivity contribution in [3.05, 3.63) is 23.8 Å². The first-order valence-electron chi connectivity index (χ1n) is 4.55. The molecule has 0 aliphatic heterocycles. The zero-order chi connectivity index (χ0) is 8.27. The smallest absolute Gasteiger partial charge is 0.0166 e. The van der Waals surface area contributed by atoms with Gasteiger partial charge in [0.15, 0.2) is 0 Å². The van der Waals surface area contributed by atoms with Crippen LogP contribution in [0.15, 0.2) is 23.8 Å². The Morgan fingerprint density at radius 2 is 2.18 bits per heavy atom. The summed E-state index contributed by atoms with van der Waals surface area (Å²) in [7, 11) is 0. The Morgan fingerprint density at radius 3 is 2.64 bits per heavy atom. The first kappa shape index (κ1) is 8.58. The summed E-state index contributed by atoms with van der Waals surface area (Å²) in [4.78, 5) is 0. The average molecular weight is 150 g/mol. The van der Waals surface area contributed by atoms with Crippen LogP contribution < -0.4 is 0 Å². The molecule has 0 aromatic carbocycles. The second-order valence-corrected chi connectivity index (χ2v) is 3.55. The van der Waals surface area contributed by atoms with Gasteiger partial charge < -0.3 is 0 Å². The van der Waals surface area contributed by atoms with Gasteiger partial charge in [-0.05, 0) is 31.6 Å². The molecule has 0 bridgehead atoms. The van der Waals surface area contributed by atoms with Gasteiger partial charge in [0.25, 0.3) is 0 Å². The van der Waals surface area contributed by atoms with Crippen LogP contribution in [0.25, 0.3) is 0 Å². The highest BCUT2D eigenvalue weighted by Gasteiger charge is 2.26. The van der Waals surface area contributed by atoms with Gasteiger partial charge in [0.2, 0.25) is 0 Å². The Hall–Kier alpha value is -0.520. The van der Waals surface area contributed by atoms with Gasteiger partial charge in [-0.3, -0.25) is 0 Å². The van der Waals surface area contributed by atoms with Crippen molar-refractivity contribution in [2.75, 3.05) is 0 Å². The van der Waals surface area contributed by atoms with Crippen LogP contribution in [0.4, 0.5) is 0 Å². The van der Waals surface area contributed by atoms with Gasteiger partial charge in [-0.2, -0.15) is 0 Å². The van der Waals surface area contributed by atoms with E-state index in [1.165, 1.54) is 6.42 Å². The summed E-state index contributed by atoms with van der Waals surface area (Å²) in [5.74, 6) is 1.77. The van der Waals surface area contributed by atoms with E-state index < -0.39 is 0 Å². The summed E-state index contributed by atoms with van der Waals surface area (Å²) in [6, 6.07) is 0. The van der Waals surface area contributed by atoms with Gasteiger partial charge >= 0.3 is 0 Å². The molecule has 0 aromatic heterocycles. The highest BCUT2D eigenvalue weighted by Crippen LogP contribution is 2.38. The Balaban J connectivity index is 2.32. The molecule has 1 saturated carbocycles. The van der Waals surface area contributed by atoms with Crippen LogP contribution >= 0.6 is 0 Å². The monoisotopic (exact) mass is 150 g/mol. The fourth-order valence-electron chi connectivity index (χ4n) is 1.56. The third-order valence-electron chi connectivity index (χ3n) is 2.75. The molecule has 62 valence electrons. The Kier molecular flexibility index (Phi) is 2.92. The molecule has 0 N–H and O–H groups in total. The molecule has 1 rings (SSSR count). The Labute approximate surface area is 70.0 Å². The van der Waals surface area contributed by atoms with E-state index in [9.17, 15) is 0 Å². The lowest BCUT2D eigenvalue weighted by molar-refractivity contribution is 0.325. The highest BCUT2D eigenvalue weighted by atomic mass is 14.3. The van der Waals surface area contributed by atoms with Crippen LogP contribution in [0.5, 0.6) is 0 Å². The molecule has 2 unspecified atom stereocenters. The van der Waals surface area contributed by atoms with Crippen molar-refractivity contribution < 1.29 is 0 Å². The summed E-state index contributed by atoms with van der Waals surface area (Å²) in [6.07, 6.45) is 9.17. The van der Waals surface area contributed by atoms with Crippen LogP contribution in [0.1, 0.15) is 33.6 Å². The standard InChI is InChI=1S/C11H18/c1-4-5-6-7-11-8-9(2)10(11)3/h4-5,7,9-10H,6,8H2,1-3H3. The molecule has 1 fully saturated rings. The Bertz CT molecular complexity index is 174. The fraction of sp³-hybridized carbons (Fsp3) is 0.636. The number of hydrogen-bond donors (Lipinski definition) is 0. The predicted octanol–water partition coefficient (Wildman–Crippen LogP) is 3.55. The third-order valence-corrected chi connectivity index (χ3v) is 2.75. The van der Waals surface area contributed by atoms with Gasteiger partial charge in [-0.1, -0.05) is 37.6 Å². The van der Waals surface area contributed by atoms with Crippen molar-refractivity contribution in [2.24, 2.45) is 11.8 Å². The molecule has 2 atom stereocenters. The largest absolute Gasteiger partial charge is 0.0914 e. The summed E-state index contributed by atoms with van der Waals surface area (Å²) in [5.41, 5.74) is 1.66. The maximum atomic E-state index is 2.38. The van der Waals surface area contributed by atoms with Crippen LogP contribution in [-0.2, 0) is 0 Å². The number of rotatable bonds is 2. The Morgan fingerprint density at radius 1 is 1.45 bits per heavy atom. The predicted molar refractivity (Wildman–Crippen MR) is 50.5 cm³/mol. The van der Waals surface area contributed by atoms with Crippen molar-refractivity contribution >= 4 is 0 Å². The van der Waals surface area contributed by atoms with Gasteiger partial charge in [-0.25, -0.2) is 0 Å². The molecule has 0 heterocycles. The van der Waals surface area contributed by atoms with Crippen molar-refractivity contribution in [3.63, 3.8) is 0 Å². The molecular formula is C11H18. The average Bonchev–Trinajstić information content (AvgIpc) is 2.03. The first-order valence-corrected chi connectivity index (χ1v) is 4.55. The second-order valence-electron chi connectivity index (χ2n) is 3.55. The maximum absolute atomic E-state index is 2.38. The molecule has 11 heavy (non-hydrogen) atoms. The van der Waals surface area contributed by atoms with E-state index in [0.717, 1.165) is 18.3 Å². The minimum absolute atomic E-state index is 0.847. The lowest BCUT2D eigenvalue weighted by Gasteiger charge is -2.34. The van der Waals surface area contributed by atoms with Crippen molar-refractivity contribution in [2.45, 2.75) is 33.6 Å². The summed E-state index contributed by atoms with van der Waals surface area (Å²) in [6.45, 7) is 6.73. The van der Waals surface area contributed by atoms with E-state index in [0.29, 0.717) is 0 Å². The molecule has 0 amide bonds. The van der Waals surface area contributed by atoms with E-state index in [2.05, 4.69) is 39.0 Å². The van der Waals surface area contributed by atoms with Crippen molar-refractivity contribution in [1.29, 1.82) is 0 Å². The molecule has 0 spiro atoms. The molecule has 0 heteroatoms. The van der Waals surface area contributed by atoms with E-state index in [-0.39, 0.29) is 0 Å². The highest BCUT2D eigenvalue weighted by molar-refractivity contribution is 5.17. The van der Waals surface area contributed by atoms with Crippen molar-refractivity contribution in [1.82, 2.24) is 0 Å². The van der Waals surface area contributed by atoms with Gasteiger partial charge in [0.05, 0.1) is 0 Å². The van der Waals surface area contributed by atoms with E-state index in [1.54, 1.807) is 5.57 Å². The van der Waals surface area contributed by atoms with Crippen molar-refractivity contribution in [3.8, 4) is 0 Å². The second kappa shape index (κ2) is 3.75. The first-order chi connectivity index (χ1) is 5.25. The van der Waals surface area contributed by atoms with Crippen LogP contribution in [0.3, 0.4) is 0 Å². The molecule has 0 nitrogen and oxygen atoms in total. The lowest BCUT2D eigenvalue weighted by Crippen LogP contribution is -2.23. The number of hydrogen-bond acceptors (Lipinski definition) is 0. The summed E-state index contributed by atoms with van der Waals surface area (Å²) in [5, 5.41) is 0. The molecule has 1 aliphatic rings. The molecule has 0 saturated heterocycles. The van der Waals surface area contributed by atoms with Gasteiger partial charge in [0, 0.05) is 0 Å². The zero-order valence-corrected chi connectivity index (χ0v) is 7.80. The van der Waals surface area contributed by atoms with Gasteiger partial charge in [0.1, 0.15) is 0 Å². The zero-order valence-electron chi connectivity index (χ0n) is 7.80. The van der Waals surface area contributed by atoms with Crippen LogP contribution in [0, 0.1) is 11.8 Å². The minimum Gasteiger partial charge on any atom is -0.0914 e. The van der Waals surface area contributed by atoms with E-state index in [1.807, 2.05) is 0 Å². The third kappa shape index (κ3) is 1.95. The number of allylic oxidation sites excluding steroid dienone is 4. The van der Waals surface area contributed by atoms with Crippen LogP contribution in [-0.4, -0.2) is 0 Å². The normalized spacial score (nSPS) is 34.6. The summed E-state index contributed by atoms with van der Waals surface area (Å²) >= 11 is 0. The minimum atomic E-state index is 0.847. The molecule has 1 aliphatic carbocycles. The quantitative estimate of drug-likeness (QED) is 0.528. The molecular weight excluding hydrogens is 132 g/mol.